The SMILES string of the molecule is COS(=O)(=O)c1ccc(C)cc1.O=C(O)CN1CCN(CC(=O)O)CCN(CC(=O)O)C(Cc2ccc(N(CCCCCC3SCC4NC(=O)NC43)C(=O)C(F)(F)F)cc2)CN(CC(=O)O)CC1.O=C(O)CN1CCN(CC(=O)O)CCN(CC(=O)O)C(Cc2ccc(NCCCCCC3SCC4NC(=O)NC43)cc2)CN(CC(=O)O)CC1. The summed E-state index contributed by atoms with van der Waals surface area (Å²) in [5, 5.41) is 92.8. The van der Waals surface area contributed by atoms with Crippen LogP contribution in [0.1, 0.15) is 68.1 Å². The number of amides is 5. The molecule has 0 saturated carbocycles. The summed E-state index contributed by atoms with van der Waals surface area (Å²) < 4.78 is 67.8. The molecule has 0 radical (unpaired) electrons. The van der Waals surface area contributed by atoms with Gasteiger partial charge in [-0.25, -0.2) is 9.59 Å². The average molecular weight is 1730 g/mol. The van der Waals surface area contributed by atoms with Crippen molar-refractivity contribution in [2.24, 2.45) is 0 Å². The molecule has 0 spiro atoms. The molecule has 3 aromatic rings. The molecule has 8 unspecified atom stereocenters. The van der Waals surface area contributed by atoms with E-state index in [1.165, 1.54) is 36.4 Å². The maximum atomic E-state index is 13.8. The standard InChI is InChI=1S/C35H50F3N7O10S.C33H51N7O9S.C8H10O3S/c36-35(37,38)33(54)45(9-3-1-2-4-27-32-26(22-56-27)39-34(55)40-32)24-7-5-23(6-8-24)16-25-17-43(20-30(50)51)13-12-41(18-28(46)47)10-11-42(19-29(48)49)14-15-44(25)21-31(52)53;41-28(42)18-37-10-11-38(19-29(43)44)14-15-40(21-31(47)48)25(17-39(13-12-37)20-30(45)46)16-23-5-7-24(8-6-23)34-9-3-1-2-4-27-32-26(22-50-27)35-33(49)36-32;1-7-3-5-8(6-4-7)12(9,10)11-2/h5-8,25-27,32H,1-4,9-22H2,(H,46,47)(H,48,49)(H,50,51)(H,52,53)(H2,39,40,55);5-8,25-27,32,34H,1-4,9-22H2,(H,41,42)(H,43,44)(H,45,46)(H,47,48)(H2,35,36,49);3-6H,1-2H3. The first-order valence-electron chi connectivity index (χ1n) is 39.1. The van der Waals surface area contributed by atoms with Crippen LogP contribution in [-0.2, 0) is 70.3 Å². The van der Waals surface area contributed by atoms with Crippen LogP contribution in [0.3, 0.4) is 0 Å². The minimum absolute atomic E-state index is 0.0111. The molecule has 36 nitrogen and oxygen atoms in total. The third-order valence-electron chi connectivity index (χ3n) is 21.0. The van der Waals surface area contributed by atoms with E-state index < -0.39 is 95.1 Å². The molecule has 9 rings (SSSR count). The van der Waals surface area contributed by atoms with Crippen LogP contribution >= 0.6 is 23.5 Å². The highest BCUT2D eigenvalue weighted by Gasteiger charge is 2.45. The predicted octanol–water partition coefficient (Wildman–Crippen LogP) is 2.40. The maximum absolute atomic E-state index is 13.8. The fourth-order valence-electron chi connectivity index (χ4n) is 15.1. The quantitative estimate of drug-likeness (QED) is 0.0226. The summed E-state index contributed by atoms with van der Waals surface area (Å²) in [6.07, 6.45) is 1.98. The smallest absolute Gasteiger partial charge is 0.471 e. The average Bonchev–Trinajstić information content (AvgIpc) is 1.63. The van der Waals surface area contributed by atoms with Crippen molar-refractivity contribution in [1.82, 2.24) is 60.5 Å². The lowest BCUT2D eigenvalue weighted by molar-refractivity contribution is -0.170. The van der Waals surface area contributed by atoms with Crippen molar-refractivity contribution >= 4 is 111 Å². The first-order chi connectivity index (χ1) is 56.0. The molecule has 0 bridgehead atoms. The summed E-state index contributed by atoms with van der Waals surface area (Å²) in [6.45, 7) is 2.15. The van der Waals surface area contributed by atoms with Crippen LogP contribution in [0.4, 0.5) is 34.1 Å². The van der Waals surface area contributed by atoms with Crippen molar-refractivity contribution in [1.29, 1.82) is 0 Å². The number of nitrogens with one attached hydrogen (secondary N) is 5. The second-order valence-electron chi connectivity index (χ2n) is 30.0. The van der Waals surface area contributed by atoms with Crippen LogP contribution in [0, 0.1) is 6.92 Å². The monoisotopic (exact) mass is 1720 g/mol. The summed E-state index contributed by atoms with van der Waals surface area (Å²) in [5.74, 6) is -9.03. The largest absolute Gasteiger partial charge is 0.480 e. The molecule has 3 aromatic carbocycles. The Bertz CT molecular complexity index is 3930. The van der Waals surface area contributed by atoms with Gasteiger partial charge in [-0.1, -0.05) is 67.6 Å². The van der Waals surface area contributed by atoms with E-state index in [2.05, 4.69) is 30.8 Å². The number of thioether (sulfide) groups is 2. The predicted molar refractivity (Wildman–Crippen MR) is 431 cm³/mol. The molecule has 0 aromatic heterocycles. The lowest BCUT2D eigenvalue weighted by Crippen LogP contribution is -2.53. The van der Waals surface area contributed by atoms with Crippen molar-refractivity contribution in [3.8, 4) is 0 Å². The van der Waals surface area contributed by atoms with Crippen LogP contribution in [0.25, 0.3) is 0 Å². The number of rotatable bonds is 36. The minimum Gasteiger partial charge on any atom is -0.480 e. The van der Waals surface area contributed by atoms with Crippen LogP contribution in [0.2, 0.25) is 0 Å². The molecule has 13 N–H and O–H groups in total. The van der Waals surface area contributed by atoms with E-state index in [1.807, 2.05) is 43.0 Å². The van der Waals surface area contributed by atoms with Crippen molar-refractivity contribution in [2.75, 3.05) is 186 Å². The number of benzene rings is 3. The number of fused-ring (bicyclic) bond motifs is 2. The second kappa shape index (κ2) is 47.9. The number of hydrogen-bond donors (Lipinski definition) is 13. The molecule has 118 heavy (non-hydrogen) atoms. The lowest BCUT2D eigenvalue weighted by atomic mass is 10.0. The Balaban J connectivity index is 0.000000286. The number of urea groups is 2. The molecule has 0 aliphatic carbocycles. The van der Waals surface area contributed by atoms with Crippen molar-refractivity contribution in [3.63, 3.8) is 0 Å². The van der Waals surface area contributed by atoms with Crippen LogP contribution in [-0.4, -0.2) is 383 Å². The van der Waals surface area contributed by atoms with Crippen LogP contribution in [0.15, 0.2) is 77.7 Å². The zero-order valence-corrected chi connectivity index (χ0v) is 68.6. The Hall–Kier alpha value is -8.69. The fraction of sp³-hybridized carbons (Fsp3) is 0.618. The molecular formula is C76H111F3N14O22S3. The number of halogens is 3. The van der Waals surface area contributed by atoms with Crippen molar-refractivity contribution in [2.45, 2.75) is 129 Å². The van der Waals surface area contributed by atoms with E-state index in [0.717, 1.165) is 74.1 Å². The number of carbonyl (C=O) groups excluding carboxylic acids is 3. The van der Waals surface area contributed by atoms with Gasteiger partial charge in [-0.2, -0.15) is 45.1 Å². The number of alkyl halides is 3. The van der Waals surface area contributed by atoms with Gasteiger partial charge in [-0.3, -0.25) is 86.5 Å². The Labute approximate surface area is 691 Å². The van der Waals surface area contributed by atoms with Crippen molar-refractivity contribution < 1.29 is 119 Å². The third-order valence-corrected chi connectivity index (χ3v) is 25.3. The van der Waals surface area contributed by atoms with E-state index in [0.29, 0.717) is 41.4 Å². The fourth-order valence-corrected chi connectivity index (χ4v) is 18.8. The van der Waals surface area contributed by atoms with Crippen LogP contribution in [0.5, 0.6) is 0 Å². The number of carboxylic acids is 8. The minimum atomic E-state index is -5.13. The molecule has 42 heteroatoms. The first-order valence-corrected chi connectivity index (χ1v) is 42.6. The number of nitrogens with zero attached hydrogens (tertiary/aromatic N) is 9. The van der Waals surface area contributed by atoms with E-state index in [9.17, 15) is 115 Å². The Kier molecular flexibility index (Phi) is 39.2. The summed E-state index contributed by atoms with van der Waals surface area (Å²) in [5.41, 5.74) is 3.49. The number of carbonyl (C=O) groups is 11. The number of aryl methyl sites for hydroxylation is 1. The van der Waals surface area contributed by atoms with Gasteiger partial charge in [-0.05, 0) is 93.0 Å². The van der Waals surface area contributed by atoms with Gasteiger partial charge in [0, 0.05) is 150 Å². The van der Waals surface area contributed by atoms with E-state index in [1.54, 1.807) is 63.1 Å². The summed E-state index contributed by atoms with van der Waals surface area (Å²) in [7, 11) is -2.37. The number of unbranched alkanes of at least 4 members (excludes halogenated alkanes) is 4. The molecule has 6 saturated heterocycles. The van der Waals surface area contributed by atoms with Gasteiger partial charge in [0.05, 0.1) is 88.5 Å². The molecule has 656 valence electrons. The Morgan fingerprint density at radius 1 is 0.475 bits per heavy atom. The van der Waals surface area contributed by atoms with Gasteiger partial charge < -0.3 is 72.3 Å². The second-order valence-corrected chi connectivity index (χ2v) is 34.3. The zero-order chi connectivity index (χ0) is 86.2. The molecule has 6 heterocycles. The summed E-state index contributed by atoms with van der Waals surface area (Å²) in [6, 6.07) is 19.4. The Morgan fingerprint density at radius 2 is 0.831 bits per heavy atom. The molecule has 5 amide bonds. The van der Waals surface area contributed by atoms with Gasteiger partial charge in [0.15, 0.2) is 0 Å². The van der Waals surface area contributed by atoms with Gasteiger partial charge in [0.2, 0.25) is 0 Å². The first kappa shape index (κ1) is 96.4. The molecule has 6 aliphatic rings. The highest BCUT2D eigenvalue weighted by Crippen LogP contribution is 2.35. The topological polar surface area (TPSA) is 482 Å². The Morgan fingerprint density at radius 3 is 1.20 bits per heavy atom. The van der Waals surface area contributed by atoms with E-state index >= 15 is 0 Å². The normalized spacial score (nSPS) is 22.6. The molecule has 6 fully saturated rings. The highest BCUT2D eigenvalue weighted by molar-refractivity contribution is 8.00. The van der Waals surface area contributed by atoms with E-state index in [-0.39, 0.29) is 196 Å². The number of carboxylic acid groups (broad SMARTS) is 8. The summed E-state index contributed by atoms with van der Waals surface area (Å²) in [4.78, 5) is 144. The molecule has 8 atom stereocenters. The number of aliphatic carboxylic acids is 8. The molecule has 6 aliphatic heterocycles. The highest BCUT2D eigenvalue weighted by atomic mass is 32.2. The third kappa shape index (κ3) is 33.8. The number of anilines is 2. The molecular weight excluding hydrogens is 1610 g/mol. The van der Waals surface area contributed by atoms with E-state index in [4.69, 9.17) is 0 Å². The maximum Gasteiger partial charge on any atom is 0.471 e. The van der Waals surface area contributed by atoms with Gasteiger partial charge in [0.1, 0.15) is 0 Å². The zero-order valence-electron chi connectivity index (χ0n) is 66.2. The van der Waals surface area contributed by atoms with Gasteiger partial charge in [0.25, 0.3) is 10.1 Å². The van der Waals surface area contributed by atoms with Crippen LogP contribution < -0.4 is 31.5 Å². The van der Waals surface area contributed by atoms with Crippen molar-refractivity contribution in [3.05, 3.63) is 89.5 Å². The number of hydrogen-bond acceptors (Lipinski definition) is 25. The van der Waals surface area contributed by atoms with Gasteiger partial charge in [-0.15, -0.1) is 0 Å². The summed E-state index contributed by atoms with van der Waals surface area (Å²) >= 11 is 3.67. The lowest BCUT2D eigenvalue weighted by Gasteiger charge is -2.37. The van der Waals surface area contributed by atoms with Gasteiger partial charge >= 0.3 is 71.9 Å².